The standard InChI is InChI=1S/C21H28Cl2FNO2/c22-15-8-9-16(24)17(18(15)23)19(25-20(27)14-6-2-3-7-14)21(12-13-26)10-4-1-5-11-21/h8-9,14,19,26H,1-7,10-13H2,(H,25,27). The van der Waals surface area contributed by atoms with Crippen molar-refractivity contribution in [3.8, 4) is 0 Å². The van der Waals surface area contributed by atoms with Crippen LogP contribution in [0.1, 0.15) is 75.8 Å². The molecule has 150 valence electrons. The van der Waals surface area contributed by atoms with Gasteiger partial charge in [-0.1, -0.05) is 55.3 Å². The zero-order chi connectivity index (χ0) is 19.4. The average Bonchev–Trinajstić information content (AvgIpc) is 3.20. The third-order valence-corrected chi connectivity index (χ3v) is 7.27. The van der Waals surface area contributed by atoms with Gasteiger partial charge in [-0.3, -0.25) is 4.79 Å². The first-order valence-corrected chi connectivity index (χ1v) is 10.8. The van der Waals surface area contributed by atoms with Crippen molar-refractivity contribution in [2.75, 3.05) is 6.61 Å². The van der Waals surface area contributed by atoms with Crippen molar-refractivity contribution in [3.05, 3.63) is 33.6 Å². The van der Waals surface area contributed by atoms with E-state index in [0.717, 1.165) is 57.8 Å². The molecule has 0 radical (unpaired) electrons. The zero-order valence-electron chi connectivity index (χ0n) is 15.6. The molecule has 1 amide bonds. The van der Waals surface area contributed by atoms with Gasteiger partial charge in [0.15, 0.2) is 0 Å². The van der Waals surface area contributed by atoms with Crippen molar-refractivity contribution in [2.24, 2.45) is 11.3 Å². The highest BCUT2D eigenvalue weighted by Crippen LogP contribution is 2.51. The summed E-state index contributed by atoms with van der Waals surface area (Å²) in [7, 11) is 0. The van der Waals surface area contributed by atoms with Crippen LogP contribution in [-0.2, 0) is 4.79 Å². The number of rotatable bonds is 6. The average molecular weight is 416 g/mol. The molecule has 1 aromatic carbocycles. The molecule has 1 unspecified atom stereocenters. The van der Waals surface area contributed by atoms with Crippen LogP contribution in [0.3, 0.4) is 0 Å². The summed E-state index contributed by atoms with van der Waals surface area (Å²) < 4.78 is 14.9. The van der Waals surface area contributed by atoms with Crippen LogP contribution in [0.4, 0.5) is 4.39 Å². The summed E-state index contributed by atoms with van der Waals surface area (Å²) >= 11 is 12.6. The maximum Gasteiger partial charge on any atom is 0.223 e. The first-order chi connectivity index (χ1) is 13.0. The lowest BCUT2D eigenvalue weighted by Gasteiger charge is -2.44. The van der Waals surface area contributed by atoms with E-state index in [9.17, 15) is 14.3 Å². The van der Waals surface area contributed by atoms with E-state index in [1.807, 2.05) is 0 Å². The molecule has 0 spiro atoms. The molecule has 0 saturated heterocycles. The van der Waals surface area contributed by atoms with Crippen molar-refractivity contribution in [2.45, 2.75) is 70.3 Å². The van der Waals surface area contributed by atoms with Crippen LogP contribution in [0.2, 0.25) is 10.0 Å². The largest absolute Gasteiger partial charge is 0.396 e. The molecule has 6 heteroatoms. The van der Waals surface area contributed by atoms with Gasteiger partial charge in [-0.2, -0.15) is 0 Å². The molecule has 3 nitrogen and oxygen atoms in total. The number of hydrogen-bond donors (Lipinski definition) is 2. The van der Waals surface area contributed by atoms with Crippen LogP contribution in [-0.4, -0.2) is 17.6 Å². The third-order valence-electron chi connectivity index (χ3n) is 6.45. The van der Waals surface area contributed by atoms with E-state index >= 15 is 0 Å². The highest BCUT2D eigenvalue weighted by Gasteiger charge is 2.44. The number of carbonyl (C=O) groups excluding carboxylic acids is 1. The number of hydrogen-bond acceptors (Lipinski definition) is 2. The smallest absolute Gasteiger partial charge is 0.223 e. The highest BCUT2D eigenvalue weighted by atomic mass is 35.5. The Bertz CT molecular complexity index is 665. The molecular weight excluding hydrogens is 388 g/mol. The predicted octanol–water partition coefficient (Wildman–Crippen LogP) is 5.81. The van der Waals surface area contributed by atoms with Crippen LogP contribution in [0.15, 0.2) is 12.1 Å². The van der Waals surface area contributed by atoms with Crippen LogP contribution in [0, 0.1) is 17.2 Å². The normalized spacial score (nSPS) is 21.2. The van der Waals surface area contributed by atoms with Crippen molar-refractivity contribution in [3.63, 3.8) is 0 Å². The minimum atomic E-state index is -0.579. The van der Waals surface area contributed by atoms with E-state index in [1.54, 1.807) is 0 Å². The van der Waals surface area contributed by atoms with Crippen molar-refractivity contribution in [1.82, 2.24) is 5.32 Å². The predicted molar refractivity (Wildman–Crippen MR) is 106 cm³/mol. The Labute approximate surface area is 170 Å². The Kier molecular flexibility index (Phi) is 7.04. The summed E-state index contributed by atoms with van der Waals surface area (Å²) in [5, 5.41) is 13.3. The molecule has 1 aromatic rings. The lowest BCUT2D eigenvalue weighted by Crippen LogP contribution is -2.45. The van der Waals surface area contributed by atoms with Crippen LogP contribution < -0.4 is 5.32 Å². The van der Waals surface area contributed by atoms with Crippen molar-refractivity contribution in [1.29, 1.82) is 0 Å². The van der Waals surface area contributed by atoms with Crippen molar-refractivity contribution >= 4 is 29.1 Å². The van der Waals surface area contributed by atoms with Crippen LogP contribution in [0.5, 0.6) is 0 Å². The Hall–Kier alpha value is -0.840. The first kappa shape index (κ1) is 20.9. The van der Waals surface area contributed by atoms with Gasteiger partial charge in [0.25, 0.3) is 0 Å². The van der Waals surface area contributed by atoms with Gasteiger partial charge in [-0.15, -0.1) is 0 Å². The Morgan fingerprint density at radius 2 is 1.85 bits per heavy atom. The van der Waals surface area contributed by atoms with Gasteiger partial charge >= 0.3 is 0 Å². The summed E-state index contributed by atoms with van der Waals surface area (Å²) in [6.45, 7) is -0.00436. The summed E-state index contributed by atoms with van der Waals surface area (Å²) in [6, 6.07) is 2.18. The topological polar surface area (TPSA) is 49.3 Å². The molecule has 1 atom stereocenters. The maximum absolute atomic E-state index is 14.9. The number of halogens is 3. The quantitative estimate of drug-likeness (QED) is 0.575. The van der Waals surface area contributed by atoms with Gasteiger partial charge in [0.2, 0.25) is 5.91 Å². The highest BCUT2D eigenvalue weighted by molar-refractivity contribution is 6.42. The number of carbonyl (C=O) groups is 1. The molecule has 2 N–H and O–H groups in total. The van der Waals surface area contributed by atoms with Gasteiger partial charge < -0.3 is 10.4 Å². The number of aliphatic hydroxyl groups excluding tert-OH is 1. The van der Waals surface area contributed by atoms with E-state index in [4.69, 9.17) is 23.2 Å². The van der Waals surface area contributed by atoms with Gasteiger partial charge in [0.1, 0.15) is 5.82 Å². The third kappa shape index (κ3) is 4.44. The lowest BCUT2D eigenvalue weighted by atomic mass is 9.65. The number of benzene rings is 1. The van der Waals surface area contributed by atoms with Gasteiger partial charge in [-0.25, -0.2) is 4.39 Å². The van der Waals surface area contributed by atoms with Crippen molar-refractivity contribution < 1.29 is 14.3 Å². The SMILES string of the molecule is O=C(NC(c1c(F)ccc(Cl)c1Cl)C1(CCO)CCCCC1)C1CCCC1. The molecular formula is C21H28Cl2FNO2. The number of amides is 1. The Balaban J connectivity index is 2.02. The van der Waals surface area contributed by atoms with E-state index in [1.165, 1.54) is 12.1 Å². The number of aliphatic hydroxyl groups is 1. The van der Waals surface area contributed by atoms with Crippen LogP contribution in [0.25, 0.3) is 0 Å². The molecule has 2 fully saturated rings. The molecule has 2 aliphatic carbocycles. The molecule has 2 aliphatic rings. The van der Waals surface area contributed by atoms with E-state index in [-0.39, 0.29) is 34.0 Å². The minimum Gasteiger partial charge on any atom is -0.396 e. The first-order valence-electron chi connectivity index (χ1n) is 10.0. The molecule has 0 heterocycles. The fourth-order valence-corrected chi connectivity index (χ4v) is 5.38. The fraction of sp³-hybridized carbons (Fsp3) is 0.667. The zero-order valence-corrected chi connectivity index (χ0v) is 17.1. The summed E-state index contributed by atoms with van der Waals surface area (Å²) in [4.78, 5) is 13.0. The molecule has 3 rings (SSSR count). The number of nitrogens with one attached hydrogen (secondary N) is 1. The van der Waals surface area contributed by atoms with Gasteiger partial charge in [0, 0.05) is 18.1 Å². The second-order valence-corrected chi connectivity index (χ2v) is 8.86. The summed E-state index contributed by atoms with van der Waals surface area (Å²) in [5.41, 5.74) is -0.137. The minimum absolute atomic E-state index is 0.00436. The second kappa shape index (κ2) is 9.11. The summed E-state index contributed by atoms with van der Waals surface area (Å²) in [5.74, 6) is -0.511. The van der Waals surface area contributed by atoms with Gasteiger partial charge in [0.05, 0.1) is 16.1 Å². The molecule has 0 aliphatic heterocycles. The Morgan fingerprint density at radius 1 is 1.19 bits per heavy atom. The lowest BCUT2D eigenvalue weighted by molar-refractivity contribution is -0.127. The maximum atomic E-state index is 14.9. The van der Waals surface area contributed by atoms with Crippen LogP contribution >= 0.6 is 23.2 Å². The monoisotopic (exact) mass is 415 g/mol. The Morgan fingerprint density at radius 3 is 2.48 bits per heavy atom. The molecule has 0 bridgehead atoms. The van der Waals surface area contributed by atoms with E-state index in [0.29, 0.717) is 6.42 Å². The van der Waals surface area contributed by atoms with E-state index < -0.39 is 17.3 Å². The molecule has 0 aromatic heterocycles. The van der Waals surface area contributed by atoms with Gasteiger partial charge in [-0.05, 0) is 49.7 Å². The summed E-state index contributed by atoms with van der Waals surface area (Å²) in [6.07, 6.45) is 9.11. The second-order valence-electron chi connectivity index (χ2n) is 8.08. The molecule has 2 saturated carbocycles. The molecule has 27 heavy (non-hydrogen) atoms. The fourth-order valence-electron chi connectivity index (χ4n) is 4.95. The van der Waals surface area contributed by atoms with E-state index in [2.05, 4.69) is 5.32 Å².